The first kappa shape index (κ1) is 16.2. The molecule has 1 amide bonds. The van der Waals surface area contributed by atoms with Crippen molar-refractivity contribution in [2.75, 3.05) is 13.7 Å². The zero-order valence-electron chi connectivity index (χ0n) is 14.5. The van der Waals surface area contributed by atoms with E-state index in [2.05, 4.69) is 11.4 Å². The number of carbonyl (C=O) groups excluding carboxylic acids is 1. The molecule has 0 aromatic heterocycles. The van der Waals surface area contributed by atoms with Crippen LogP contribution in [0.25, 0.3) is 16.8 Å². The zero-order chi connectivity index (χ0) is 17.9. The summed E-state index contributed by atoms with van der Waals surface area (Å²) in [5.41, 5.74) is 2.62. The lowest BCUT2D eigenvalue weighted by Crippen LogP contribution is -2.28. The summed E-state index contributed by atoms with van der Waals surface area (Å²) in [6.07, 6.45) is 1.89. The van der Waals surface area contributed by atoms with Gasteiger partial charge in [-0.05, 0) is 46.7 Å². The maximum Gasteiger partial charge on any atom is 0.250 e. The van der Waals surface area contributed by atoms with Crippen LogP contribution in [0.5, 0.6) is 11.5 Å². The quantitative estimate of drug-likeness (QED) is 0.779. The van der Waals surface area contributed by atoms with Crippen LogP contribution in [-0.2, 0) is 11.3 Å². The maximum atomic E-state index is 12.5. The fourth-order valence-corrected chi connectivity index (χ4v) is 3.05. The highest BCUT2D eigenvalue weighted by atomic mass is 16.5. The van der Waals surface area contributed by atoms with Gasteiger partial charge in [-0.25, -0.2) is 0 Å². The molecule has 1 heterocycles. The Kier molecular flexibility index (Phi) is 4.32. The second-order valence-electron chi connectivity index (χ2n) is 6.23. The number of carbonyl (C=O) groups is 1. The van der Waals surface area contributed by atoms with Crippen molar-refractivity contribution in [1.29, 1.82) is 0 Å². The number of hydrogen-bond acceptors (Lipinski definition) is 3. The number of hydrogen-bond donors (Lipinski definition) is 1. The van der Waals surface area contributed by atoms with Crippen LogP contribution >= 0.6 is 0 Å². The number of nitrogens with one attached hydrogen (secondary N) is 1. The van der Waals surface area contributed by atoms with Crippen LogP contribution < -0.4 is 14.8 Å². The van der Waals surface area contributed by atoms with Gasteiger partial charge in [-0.15, -0.1) is 0 Å². The van der Waals surface area contributed by atoms with Gasteiger partial charge >= 0.3 is 0 Å². The Bertz CT molecular complexity index is 1010. The predicted molar refractivity (Wildman–Crippen MR) is 102 cm³/mol. The molecule has 0 saturated carbocycles. The zero-order valence-corrected chi connectivity index (χ0v) is 14.5. The molecule has 3 aromatic rings. The minimum absolute atomic E-state index is 0.102. The molecule has 1 N–H and O–H groups in total. The Morgan fingerprint density at radius 2 is 1.88 bits per heavy atom. The van der Waals surface area contributed by atoms with E-state index >= 15 is 0 Å². The van der Waals surface area contributed by atoms with Gasteiger partial charge in [-0.2, -0.15) is 0 Å². The third kappa shape index (κ3) is 3.26. The van der Waals surface area contributed by atoms with Crippen LogP contribution in [0.15, 0.2) is 66.2 Å². The first-order valence-electron chi connectivity index (χ1n) is 8.50. The average molecular weight is 345 g/mol. The largest absolute Gasteiger partial charge is 0.497 e. The lowest BCUT2D eigenvalue weighted by atomic mass is 10.1. The number of para-hydroxylation sites is 1. The maximum absolute atomic E-state index is 12.5. The van der Waals surface area contributed by atoms with Gasteiger partial charge in [0.15, 0.2) is 0 Å². The standard InChI is InChI=1S/C22H19NO3/c1-25-20-9-8-16-10-15(6-7-17(16)12-20)13-23-22(24)19-11-18-4-2-3-5-21(18)26-14-19/h2-12H,13-14H2,1H3,(H,23,24). The van der Waals surface area contributed by atoms with Crippen molar-refractivity contribution in [3.63, 3.8) is 0 Å². The number of ether oxygens (including phenoxy) is 2. The molecule has 4 rings (SSSR count). The molecule has 0 radical (unpaired) electrons. The van der Waals surface area contributed by atoms with E-state index < -0.39 is 0 Å². The summed E-state index contributed by atoms with van der Waals surface area (Å²) < 4.78 is 10.9. The highest BCUT2D eigenvalue weighted by Crippen LogP contribution is 2.26. The smallest absolute Gasteiger partial charge is 0.250 e. The Labute approximate surface area is 152 Å². The van der Waals surface area contributed by atoms with Crippen molar-refractivity contribution < 1.29 is 14.3 Å². The second-order valence-corrected chi connectivity index (χ2v) is 6.23. The predicted octanol–water partition coefficient (Wildman–Crippen LogP) is 3.94. The van der Waals surface area contributed by atoms with Crippen molar-refractivity contribution in [3.8, 4) is 11.5 Å². The highest BCUT2D eigenvalue weighted by molar-refractivity contribution is 5.99. The molecule has 130 valence electrons. The average Bonchev–Trinajstić information content (AvgIpc) is 2.71. The van der Waals surface area contributed by atoms with E-state index in [0.717, 1.165) is 33.4 Å². The highest BCUT2D eigenvalue weighted by Gasteiger charge is 2.16. The van der Waals surface area contributed by atoms with Crippen LogP contribution in [0, 0.1) is 0 Å². The van der Waals surface area contributed by atoms with E-state index in [1.165, 1.54) is 0 Å². The minimum Gasteiger partial charge on any atom is -0.497 e. The molecule has 3 aromatic carbocycles. The molecule has 0 bridgehead atoms. The summed E-state index contributed by atoms with van der Waals surface area (Å²) in [4.78, 5) is 12.5. The van der Waals surface area contributed by atoms with Gasteiger partial charge in [0.1, 0.15) is 18.1 Å². The molecule has 0 atom stereocenters. The topological polar surface area (TPSA) is 47.6 Å². The van der Waals surface area contributed by atoms with E-state index in [9.17, 15) is 4.79 Å². The molecule has 4 nitrogen and oxygen atoms in total. The Hall–Kier alpha value is -3.27. The van der Waals surface area contributed by atoms with E-state index in [0.29, 0.717) is 18.7 Å². The van der Waals surface area contributed by atoms with Gasteiger partial charge in [-0.3, -0.25) is 4.79 Å². The normalized spacial score (nSPS) is 12.7. The van der Waals surface area contributed by atoms with Crippen molar-refractivity contribution in [2.24, 2.45) is 0 Å². The van der Waals surface area contributed by atoms with Crippen LogP contribution in [0.3, 0.4) is 0 Å². The fourth-order valence-electron chi connectivity index (χ4n) is 3.05. The third-order valence-electron chi connectivity index (χ3n) is 4.49. The fraction of sp³-hybridized carbons (Fsp3) is 0.136. The van der Waals surface area contributed by atoms with Crippen molar-refractivity contribution in [3.05, 3.63) is 77.4 Å². The van der Waals surface area contributed by atoms with Gasteiger partial charge in [0.25, 0.3) is 5.91 Å². The lowest BCUT2D eigenvalue weighted by molar-refractivity contribution is -0.117. The molecule has 26 heavy (non-hydrogen) atoms. The lowest BCUT2D eigenvalue weighted by Gasteiger charge is -2.17. The van der Waals surface area contributed by atoms with E-state index in [1.807, 2.05) is 60.7 Å². The minimum atomic E-state index is -0.102. The summed E-state index contributed by atoms with van der Waals surface area (Å²) in [5, 5.41) is 5.20. The Morgan fingerprint density at radius 3 is 2.77 bits per heavy atom. The molecule has 0 saturated heterocycles. The SMILES string of the molecule is COc1ccc2cc(CNC(=O)C3=Cc4ccccc4OC3)ccc2c1. The first-order valence-corrected chi connectivity index (χ1v) is 8.50. The molecule has 4 heteroatoms. The Balaban J connectivity index is 1.46. The number of fused-ring (bicyclic) bond motifs is 2. The van der Waals surface area contributed by atoms with E-state index in [1.54, 1.807) is 7.11 Å². The monoisotopic (exact) mass is 345 g/mol. The summed E-state index contributed by atoms with van der Waals surface area (Å²) in [5.74, 6) is 1.55. The summed E-state index contributed by atoms with van der Waals surface area (Å²) in [6.45, 7) is 0.764. The van der Waals surface area contributed by atoms with Gasteiger partial charge in [0.2, 0.25) is 0 Å². The van der Waals surface area contributed by atoms with Crippen LogP contribution in [-0.4, -0.2) is 19.6 Å². The van der Waals surface area contributed by atoms with E-state index in [-0.39, 0.29) is 5.91 Å². The molecule has 0 spiro atoms. The molecule has 1 aliphatic heterocycles. The Morgan fingerprint density at radius 1 is 1.08 bits per heavy atom. The summed E-state index contributed by atoms with van der Waals surface area (Å²) in [7, 11) is 1.66. The molecule has 0 fully saturated rings. The number of benzene rings is 3. The van der Waals surface area contributed by atoms with Gasteiger partial charge < -0.3 is 14.8 Å². The van der Waals surface area contributed by atoms with Gasteiger partial charge in [0, 0.05) is 12.1 Å². The van der Waals surface area contributed by atoms with Crippen molar-refractivity contribution in [1.82, 2.24) is 5.32 Å². The van der Waals surface area contributed by atoms with Crippen molar-refractivity contribution in [2.45, 2.75) is 6.54 Å². The van der Waals surface area contributed by atoms with Gasteiger partial charge in [-0.1, -0.05) is 36.4 Å². The summed E-state index contributed by atoms with van der Waals surface area (Å²) in [6, 6.07) is 19.8. The molecule has 0 aliphatic carbocycles. The number of amides is 1. The van der Waals surface area contributed by atoms with Crippen LogP contribution in [0.2, 0.25) is 0 Å². The van der Waals surface area contributed by atoms with Crippen molar-refractivity contribution >= 4 is 22.8 Å². The van der Waals surface area contributed by atoms with Crippen LogP contribution in [0.1, 0.15) is 11.1 Å². The van der Waals surface area contributed by atoms with Crippen LogP contribution in [0.4, 0.5) is 0 Å². The molecule has 0 unspecified atom stereocenters. The molecular weight excluding hydrogens is 326 g/mol. The summed E-state index contributed by atoms with van der Waals surface area (Å²) >= 11 is 0. The first-order chi connectivity index (χ1) is 12.7. The molecular formula is C22H19NO3. The third-order valence-corrected chi connectivity index (χ3v) is 4.49. The number of methoxy groups -OCH3 is 1. The van der Waals surface area contributed by atoms with E-state index in [4.69, 9.17) is 9.47 Å². The van der Waals surface area contributed by atoms with Gasteiger partial charge in [0.05, 0.1) is 12.7 Å². The molecule has 1 aliphatic rings. The number of rotatable bonds is 4. The second kappa shape index (κ2) is 6.92.